The summed E-state index contributed by atoms with van der Waals surface area (Å²) in [6, 6.07) is 12.8. The quantitative estimate of drug-likeness (QED) is 0.770. The van der Waals surface area contributed by atoms with Crippen LogP contribution >= 0.6 is 0 Å². The molecule has 0 aromatic heterocycles. The molecule has 0 bridgehead atoms. The van der Waals surface area contributed by atoms with Gasteiger partial charge in [-0.05, 0) is 30.3 Å². The van der Waals surface area contributed by atoms with Crippen molar-refractivity contribution in [3.8, 4) is 5.75 Å². The molecule has 0 aliphatic rings. The number of benzene rings is 2. The largest absolute Gasteiger partial charge is 0.481 e. The van der Waals surface area contributed by atoms with Gasteiger partial charge < -0.3 is 24.8 Å². The van der Waals surface area contributed by atoms with Gasteiger partial charge in [0.1, 0.15) is 11.3 Å². The van der Waals surface area contributed by atoms with Gasteiger partial charge in [0.2, 0.25) is 0 Å². The fourth-order valence-electron chi connectivity index (χ4n) is 2.01. The highest BCUT2D eigenvalue weighted by atomic mass is 16.6. The number of hydrogen-bond acceptors (Lipinski definition) is 6. The first-order valence-electron chi connectivity index (χ1n) is 7.58. The topological polar surface area (TPSA) is 103 Å². The maximum absolute atomic E-state index is 12.0. The molecule has 0 heterocycles. The molecule has 8 nitrogen and oxygen atoms in total. The van der Waals surface area contributed by atoms with E-state index in [9.17, 15) is 14.4 Å². The van der Waals surface area contributed by atoms with Crippen LogP contribution in [0.5, 0.6) is 5.75 Å². The van der Waals surface area contributed by atoms with E-state index in [0.29, 0.717) is 11.4 Å². The Bertz CT molecular complexity index is 792. The first-order chi connectivity index (χ1) is 12.5. The summed E-state index contributed by atoms with van der Waals surface area (Å²) in [7, 11) is 2.44. The molecule has 2 aromatic carbocycles. The number of nitrogens with one attached hydrogen (secondary N) is 2. The van der Waals surface area contributed by atoms with E-state index in [1.165, 1.54) is 32.4 Å². The van der Waals surface area contributed by atoms with Gasteiger partial charge in [0.25, 0.3) is 0 Å². The minimum atomic E-state index is -0.669. The number of methoxy groups -OCH3 is 2. The molecule has 2 amide bonds. The van der Waals surface area contributed by atoms with Crippen molar-refractivity contribution >= 4 is 29.3 Å². The Kier molecular flexibility index (Phi) is 6.55. The van der Waals surface area contributed by atoms with Gasteiger partial charge in [-0.1, -0.05) is 18.2 Å². The molecule has 2 aromatic rings. The molecule has 2 N–H and O–H groups in total. The molecule has 0 saturated heterocycles. The molecule has 26 heavy (non-hydrogen) atoms. The normalized spacial score (nSPS) is 9.77. The number of carbonyl (C=O) groups is 3. The van der Waals surface area contributed by atoms with Crippen molar-refractivity contribution in [3.05, 3.63) is 54.1 Å². The van der Waals surface area contributed by atoms with Crippen molar-refractivity contribution in [1.82, 2.24) is 0 Å². The van der Waals surface area contributed by atoms with Gasteiger partial charge in [0.15, 0.2) is 6.61 Å². The molecule has 0 unspecified atom stereocenters. The summed E-state index contributed by atoms with van der Waals surface area (Å²) >= 11 is 0. The van der Waals surface area contributed by atoms with Crippen LogP contribution in [-0.4, -0.2) is 38.8 Å². The molecular formula is C18H18N2O6. The van der Waals surface area contributed by atoms with Crippen molar-refractivity contribution in [1.29, 1.82) is 0 Å². The van der Waals surface area contributed by atoms with E-state index in [1.54, 1.807) is 24.3 Å². The number of para-hydroxylation sites is 1. The number of amides is 2. The number of ether oxygens (including phenoxy) is 3. The fourth-order valence-corrected chi connectivity index (χ4v) is 2.01. The van der Waals surface area contributed by atoms with E-state index in [0.717, 1.165) is 0 Å². The SMILES string of the molecule is COC(=O)COc1ccc(NC(=O)Nc2ccccc2)cc1C(=O)OC. The fraction of sp³-hybridized carbons (Fsp3) is 0.167. The van der Waals surface area contributed by atoms with E-state index < -0.39 is 18.0 Å². The molecule has 0 aliphatic heterocycles. The zero-order valence-electron chi connectivity index (χ0n) is 14.3. The van der Waals surface area contributed by atoms with Crippen molar-refractivity contribution in [2.45, 2.75) is 0 Å². The number of hydrogen-bond donors (Lipinski definition) is 2. The summed E-state index contributed by atoms with van der Waals surface area (Å²) in [4.78, 5) is 35.2. The van der Waals surface area contributed by atoms with Gasteiger partial charge in [-0.2, -0.15) is 0 Å². The Labute approximate surface area is 150 Å². The monoisotopic (exact) mass is 358 g/mol. The van der Waals surface area contributed by atoms with Gasteiger partial charge in [0, 0.05) is 11.4 Å². The van der Waals surface area contributed by atoms with E-state index in [4.69, 9.17) is 9.47 Å². The Morgan fingerprint density at radius 3 is 2.23 bits per heavy atom. The van der Waals surface area contributed by atoms with Crippen LogP contribution in [0.15, 0.2) is 48.5 Å². The number of carbonyl (C=O) groups excluding carboxylic acids is 3. The molecule has 2 rings (SSSR count). The van der Waals surface area contributed by atoms with E-state index >= 15 is 0 Å². The zero-order chi connectivity index (χ0) is 18.9. The summed E-state index contributed by atoms with van der Waals surface area (Å²) in [5, 5.41) is 5.26. The van der Waals surface area contributed by atoms with Crippen LogP contribution in [0, 0.1) is 0 Å². The molecule has 0 saturated carbocycles. The zero-order valence-corrected chi connectivity index (χ0v) is 14.3. The molecular weight excluding hydrogens is 340 g/mol. The van der Waals surface area contributed by atoms with Crippen molar-refractivity contribution < 1.29 is 28.6 Å². The number of rotatable bonds is 6. The van der Waals surface area contributed by atoms with Crippen molar-refractivity contribution in [3.63, 3.8) is 0 Å². The lowest BCUT2D eigenvalue weighted by molar-refractivity contribution is -0.142. The van der Waals surface area contributed by atoms with Gasteiger partial charge in [0.05, 0.1) is 14.2 Å². The second kappa shape index (κ2) is 9.07. The third kappa shape index (κ3) is 5.23. The third-order valence-electron chi connectivity index (χ3n) is 3.25. The predicted octanol–water partition coefficient (Wildman–Crippen LogP) is 2.67. The maximum Gasteiger partial charge on any atom is 0.343 e. The molecule has 0 spiro atoms. The second-order valence-corrected chi connectivity index (χ2v) is 5.01. The van der Waals surface area contributed by atoms with Gasteiger partial charge in [-0.25, -0.2) is 14.4 Å². The summed E-state index contributed by atoms with van der Waals surface area (Å²) in [5.41, 5.74) is 1.04. The third-order valence-corrected chi connectivity index (χ3v) is 3.25. The van der Waals surface area contributed by atoms with E-state index in [1.807, 2.05) is 6.07 Å². The minimum absolute atomic E-state index is 0.0638. The first kappa shape index (κ1) is 18.8. The molecule has 0 fully saturated rings. The summed E-state index contributed by atoms with van der Waals surface area (Å²) in [5.74, 6) is -1.13. The summed E-state index contributed by atoms with van der Waals surface area (Å²) < 4.78 is 14.5. The van der Waals surface area contributed by atoms with Crippen LogP contribution < -0.4 is 15.4 Å². The molecule has 0 radical (unpaired) electrons. The highest BCUT2D eigenvalue weighted by molar-refractivity contribution is 6.01. The second-order valence-electron chi connectivity index (χ2n) is 5.01. The molecule has 8 heteroatoms. The van der Waals surface area contributed by atoms with Gasteiger partial charge in [-0.3, -0.25) is 0 Å². The van der Waals surface area contributed by atoms with Crippen molar-refractivity contribution in [2.75, 3.05) is 31.5 Å². The average Bonchev–Trinajstić information content (AvgIpc) is 2.66. The van der Waals surface area contributed by atoms with Crippen LogP contribution in [0.3, 0.4) is 0 Å². The Morgan fingerprint density at radius 2 is 1.58 bits per heavy atom. The lowest BCUT2D eigenvalue weighted by atomic mass is 10.1. The number of esters is 2. The lowest BCUT2D eigenvalue weighted by Gasteiger charge is -2.12. The average molecular weight is 358 g/mol. The lowest BCUT2D eigenvalue weighted by Crippen LogP contribution is -2.20. The first-order valence-corrected chi connectivity index (χ1v) is 7.58. The van der Waals surface area contributed by atoms with E-state index in [-0.39, 0.29) is 17.9 Å². The van der Waals surface area contributed by atoms with E-state index in [2.05, 4.69) is 15.4 Å². The highest BCUT2D eigenvalue weighted by Gasteiger charge is 2.16. The number of anilines is 2. The van der Waals surface area contributed by atoms with Crippen LogP contribution in [0.1, 0.15) is 10.4 Å². The van der Waals surface area contributed by atoms with Gasteiger partial charge in [-0.15, -0.1) is 0 Å². The minimum Gasteiger partial charge on any atom is -0.481 e. The summed E-state index contributed by atoms with van der Waals surface area (Å²) in [6.07, 6.45) is 0. The molecule has 0 atom stereocenters. The van der Waals surface area contributed by atoms with Crippen molar-refractivity contribution in [2.24, 2.45) is 0 Å². The maximum atomic E-state index is 12.0. The highest BCUT2D eigenvalue weighted by Crippen LogP contribution is 2.24. The van der Waals surface area contributed by atoms with Gasteiger partial charge >= 0.3 is 18.0 Å². The van der Waals surface area contributed by atoms with Crippen LogP contribution in [0.4, 0.5) is 16.2 Å². The Hall–Kier alpha value is -3.55. The summed E-state index contributed by atoms with van der Waals surface area (Å²) in [6.45, 7) is -0.359. The van der Waals surface area contributed by atoms with Crippen LogP contribution in [-0.2, 0) is 14.3 Å². The molecule has 136 valence electrons. The smallest absolute Gasteiger partial charge is 0.343 e. The van der Waals surface area contributed by atoms with Crippen LogP contribution in [0.25, 0.3) is 0 Å². The standard InChI is InChI=1S/C18H18N2O6/c1-24-16(21)11-26-15-9-8-13(10-14(15)17(22)25-2)20-18(23)19-12-6-4-3-5-7-12/h3-10H,11H2,1-2H3,(H2,19,20,23). The van der Waals surface area contributed by atoms with Crippen LogP contribution in [0.2, 0.25) is 0 Å². The predicted molar refractivity (Wildman–Crippen MR) is 94.4 cm³/mol. The number of urea groups is 1. The Balaban J connectivity index is 2.12. The Morgan fingerprint density at radius 1 is 0.885 bits per heavy atom. The molecule has 0 aliphatic carbocycles.